The number of hydrogen-bond donors (Lipinski definition) is 0. The Hall–Kier alpha value is -1.29. The molecule has 0 N–H and O–H groups in total. The summed E-state index contributed by atoms with van der Waals surface area (Å²) in [5.74, 6) is 0.713. The van der Waals surface area contributed by atoms with Crippen LogP contribution in [0.5, 0.6) is 0 Å². The molecule has 2 heterocycles. The fraction of sp³-hybridized carbons (Fsp3) is 0.583. The second-order valence-electron chi connectivity index (χ2n) is 4.36. The van der Waals surface area contributed by atoms with E-state index in [2.05, 4.69) is 0 Å². The Bertz CT molecular complexity index is 375. The molecule has 1 fully saturated rings. The average Bonchev–Trinajstić information content (AvgIpc) is 2.62. The molecule has 1 aromatic rings. The van der Waals surface area contributed by atoms with E-state index in [1.165, 1.54) is 0 Å². The zero-order chi connectivity index (χ0) is 11.7. The Balaban J connectivity index is 2.13. The van der Waals surface area contributed by atoms with Gasteiger partial charge in [0, 0.05) is 13.1 Å². The van der Waals surface area contributed by atoms with E-state index in [1.807, 2.05) is 18.7 Å². The molecule has 0 saturated carbocycles. The quantitative estimate of drug-likeness (QED) is 0.729. The number of furan rings is 1. The SMILES string of the molecule is Cc1occc1C(=O)N1C[C@@H](C)O[C@H](C)C1. The maximum absolute atomic E-state index is 12.2. The summed E-state index contributed by atoms with van der Waals surface area (Å²) in [5.41, 5.74) is 0.654. The molecule has 1 amide bonds. The molecule has 1 aromatic heterocycles. The molecule has 0 spiro atoms. The molecule has 4 heteroatoms. The third-order valence-electron chi connectivity index (χ3n) is 2.80. The van der Waals surface area contributed by atoms with Crippen LogP contribution in [0.4, 0.5) is 0 Å². The smallest absolute Gasteiger partial charge is 0.257 e. The summed E-state index contributed by atoms with van der Waals surface area (Å²) in [6.45, 7) is 7.07. The summed E-state index contributed by atoms with van der Waals surface area (Å²) in [5, 5.41) is 0. The van der Waals surface area contributed by atoms with E-state index >= 15 is 0 Å². The van der Waals surface area contributed by atoms with Crippen LogP contribution in [0.1, 0.15) is 30.0 Å². The van der Waals surface area contributed by atoms with Crippen molar-refractivity contribution in [3.05, 3.63) is 23.7 Å². The van der Waals surface area contributed by atoms with Crippen LogP contribution in [0.25, 0.3) is 0 Å². The van der Waals surface area contributed by atoms with Gasteiger partial charge in [-0.05, 0) is 26.8 Å². The number of aryl methyl sites for hydroxylation is 1. The summed E-state index contributed by atoms with van der Waals surface area (Å²) in [6, 6.07) is 1.72. The maximum Gasteiger partial charge on any atom is 0.257 e. The molecule has 1 aliphatic rings. The zero-order valence-corrected chi connectivity index (χ0v) is 9.90. The van der Waals surface area contributed by atoms with Gasteiger partial charge >= 0.3 is 0 Å². The Morgan fingerprint density at radius 2 is 2.00 bits per heavy atom. The first-order valence-corrected chi connectivity index (χ1v) is 5.56. The average molecular weight is 223 g/mol. The molecule has 0 aromatic carbocycles. The van der Waals surface area contributed by atoms with Crippen molar-refractivity contribution in [3.8, 4) is 0 Å². The summed E-state index contributed by atoms with van der Waals surface area (Å²) < 4.78 is 10.7. The molecular formula is C12H17NO3. The van der Waals surface area contributed by atoms with Gasteiger partial charge < -0.3 is 14.1 Å². The first-order chi connectivity index (χ1) is 7.58. The van der Waals surface area contributed by atoms with Gasteiger partial charge in [0.1, 0.15) is 5.76 Å². The highest BCUT2D eigenvalue weighted by Gasteiger charge is 2.27. The van der Waals surface area contributed by atoms with E-state index in [0.29, 0.717) is 24.4 Å². The molecule has 4 nitrogen and oxygen atoms in total. The van der Waals surface area contributed by atoms with Gasteiger partial charge in [-0.3, -0.25) is 4.79 Å². The van der Waals surface area contributed by atoms with Gasteiger partial charge in [-0.1, -0.05) is 0 Å². The summed E-state index contributed by atoms with van der Waals surface area (Å²) in [6.07, 6.45) is 1.75. The largest absolute Gasteiger partial charge is 0.469 e. The molecule has 0 aliphatic carbocycles. The van der Waals surface area contributed by atoms with E-state index in [4.69, 9.17) is 9.15 Å². The molecule has 1 saturated heterocycles. The monoisotopic (exact) mass is 223 g/mol. The van der Waals surface area contributed by atoms with Crippen molar-refractivity contribution in [2.75, 3.05) is 13.1 Å². The number of morpholine rings is 1. The van der Waals surface area contributed by atoms with Crippen LogP contribution in [-0.4, -0.2) is 36.1 Å². The van der Waals surface area contributed by atoms with Crippen LogP contribution in [0.15, 0.2) is 16.7 Å². The zero-order valence-electron chi connectivity index (χ0n) is 9.90. The number of hydrogen-bond acceptors (Lipinski definition) is 3. The lowest BCUT2D eigenvalue weighted by Gasteiger charge is -2.35. The molecule has 0 radical (unpaired) electrons. The van der Waals surface area contributed by atoms with Gasteiger partial charge in [0.05, 0.1) is 24.0 Å². The van der Waals surface area contributed by atoms with E-state index < -0.39 is 0 Å². The molecule has 2 rings (SSSR count). The Morgan fingerprint density at radius 3 is 2.50 bits per heavy atom. The number of amides is 1. The van der Waals surface area contributed by atoms with Crippen molar-refractivity contribution in [2.24, 2.45) is 0 Å². The van der Waals surface area contributed by atoms with E-state index in [-0.39, 0.29) is 18.1 Å². The van der Waals surface area contributed by atoms with E-state index in [9.17, 15) is 4.79 Å². The minimum atomic E-state index is 0.0354. The van der Waals surface area contributed by atoms with Crippen molar-refractivity contribution in [1.82, 2.24) is 4.90 Å². The van der Waals surface area contributed by atoms with Gasteiger partial charge in [0.25, 0.3) is 5.91 Å². The van der Waals surface area contributed by atoms with Crippen molar-refractivity contribution < 1.29 is 13.9 Å². The Labute approximate surface area is 95.2 Å². The van der Waals surface area contributed by atoms with Gasteiger partial charge in [-0.15, -0.1) is 0 Å². The fourth-order valence-electron chi connectivity index (χ4n) is 2.12. The Morgan fingerprint density at radius 1 is 1.38 bits per heavy atom. The predicted octanol–water partition coefficient (Wildman–Crippen LogP) is 1.84. The third kappa shape index (κ3) is 2.11. The topological polar surface area (TPSA) is 42.7 Å². The first kappa shape index (κ1) is 11.2. The van der Waals surface area contributed by atoms with Crippen molar-refractivity contribution in [2.45, 2.75) is 33.0 Å². The number of ether oxygens (including phenoxy) is 1. The molecule has 1 aliphatic heterocycles. The maximum atomic E-state index is 12.2. The normalized spacial score (nSPS) is 25.8. The lowest BCUT2D eigenvalue weighted by molar-refractivity contribution is -0.0586. The van der Waals surface area contributed by atoms with Crippen molar-refractivity contribution in [1.29, 1.82) is 0 Å². The van der Waals surface area contributed by atoms with Crippen LogP contribution in [-0.2, 0) is 4.74 Å². The summed E-state index contributed by atoms with van der Waals surface area (Å²) in [4.78, 5) is 14.0. The van der Waals surface area contributed by atoms with Gasteiger partial charge in [-0.25, -0.2) is 0 Å². The highest BCUT2D eigenvalue weighted by Crippen LogP contribution is 2.17. The molecular weight excluding hydrogens is 206 g/mol. The van der Waals surface area contributed by atoms with E-state index in [0.717, 1.165) is 0 Å². The number of carbonyl (C=O) groups excluding carboxylic acids is 1. The van der Waals surface area contributed by atoms with Crippen molar-refractivity contribution >= 4 is 5.91 Å². The van der Waals surface area contributed by atoms with Crippen LogP contribution in [0, 0.1) is 6.92 Å². The lowest BCUT2D eigenvalue weighted by Crippen LogP contribution is -2.48. The van der Waals surface area contributed by atoms with Gasteiger partial charge in [0.15, 0.2) is 0 Å². The van der Waals surface area contributed by atoms with Gasteiger partial charge in [0.2, 0.25) is 0 Å². The summed E-state index contributed by atoms with van der Waals surface area (Å²) >= 11 is 0. The highest BCUT2D eigenvalue weighted by molar-refractivity contribution is 5.95. The number of nitrogens with zero attached hydrogens (tertiary/aromatic N) is 1. The van der Waals surface area contributed by atoms with Crippen molar-refractivity contribution in [3.63, 3.8) is 0 Å². The number of carbonyl (C=O) groups is 1. The van der Waals surface area contributed by atoms with Gasteiger partial charge in [-0.2, -0.15) is 0 Å². The lowest BCUT2D eigenvalue weighted by atomic mass is 10.1. The molecule has 0 unspecified atom stereocenters. The highest BCUT2D eigenvalue weighted by atomic mass is 16.5. The second-order valence-corrected chi connectivity index (χ2v) is 4.36. The van der Waals surface area contributed by atoms with Crippen LogP contribution >= 0.6 is 0 Å². The van der Waals surface area contributed by atoms with Crippen LogP contribution in [0.2, 0.25) is 0 Å². The summed E-state index contributed by atoms with van der Waals surface area (Å²) in [7, 11) is 0. The molecule has 0 bridgehead atoms. The van der Waals surface area contributed by atoms with E-state index in [1.54, 1.807) is 19.3 Å². The third-order valence-corrected chi connectivity index (χ3v) is 2.80. The number of rotatable bonds is 1. The van der Waals surface area contributed by atoms with Crippen LogP contribution in [0.3, 0.4) is 0 Å². The molecule has 88 valence electrons. The first-order valence-electron chi connectivity index (χ1n) is 5.56. The molecule has 2 atom stereocenters. The minimum Gasteiger partial charge on any atom is -0.469 e. The standard InChI is InChI=1S/C12H17NO3/c1-8-6-13(7-9(2)16-8)12(14)11-4-5-15-10(11)3/h4-5,8-9H,6-7H2,1-3H3/t8-,9-/m1/s1. The second kappa shape index (κ2) is 4.29. The fourth-order valence-corrected chi connectivity index (χ4v) is 2.12. The van der Waals surface area contributed by atoms with Crippen LogP contribution < -0.4 is 0 Å². The molecule has 16 heavy (non-hydrogen) atoms. The Kier molecular flexibility index (Phi) is 3.01. The predicted molar refractivity (Wildman–Crippen MR) is 59.4 cm³/mol. The minimum absolute atomic E-state index is 0.0354.